The molecule has 1 aromatic heterocycles. The summed E-state index contributed by atoms with van der Waals surface area (Å²) in [6.45, 7) is 3.87. The van der Waals surface area contributed by atoms with Gasteiger partial charge in [0.25, 0.3) is 0 Å². The predicted molar refractivity (Wildman–Crippen MR) is 79.1 cm³/mol. The minimum Gasteiger partial charge on any atom is -0.392 e. The lowest BCUT2D eigenvalue weighted by atomic mass is 10.1. The van der Waals surface area contributed by atoms with E-state index < -0.39 is 10.0 Å². The second kappa shape index (κ2) is 6.38. The Morgan fingerprint density at radius 1 is 1.43 bits per heavy atom. The fourth-order valence-corrected chi connectivity index (χ4v) is 3.33. The van der Waals surface area contributed by atoms with Crippen LogP contribution in [-0.2, 0) is 23.2 Å². The van der Waals surface area contributed by atoms with Crippen LogP contribution in [0.25, 0.3) is 0 Å². The van der Waals surface area contributed by atoms with Crippen molar-refractivity contribution in [3.8, 4) is 0 Å². The largest absolute Gasteiger partial charge is 0.392 e. The molecule has 2 rings (SSSR count). The van der Waals surface area contributed by atoms with E-state index in [0.717, 1.165) is 5.56 Å². The molecule has 21 heavy (non-hydrogen) atoms. The number of aliphatic hydroxyl groups is 1. The number of aromatic nitrogens is 2. The number of hydrogen-bond acceptors (Lipinski definition) is 4. The zero-order chi connectivity index (χ0) is 15.5. The molecule has 0 amide bonds. The van der Waals surface area contributed by atoms with Gasteiger partial charge in [0.2, 0.25) is 10.0 Å². The van der Waals surface area contributed by atoms with E-state index >= 15 is 0 Å². The fourth-order valence-electron chi connectivity index (χ4n) is 2.04. The first-order valence-corrected chi connectivity index (χ1v) is 8.11. The Labute approximate surface area is 124 Å². The maximum Gasteiger partial charge on any atom is 0.240 e. The van der Waals surface area contributed by atoms with Crippen molar-refractivity contribution in [2.75, 3.05) is 0 Å². The number of hydrogen-bond donors (Lipinski definition) is 2. The van der Waals surface area contributed by atoms with Crippen LogP contribution in [0.1, 0.15) is 18.1 Å². The van der Waals surface area contributed by atoms with Crippen molar-refractivity contribution < 1.29 is 13.5 Å². The van der Waals surface area contributed by atoms with Gasteiger partial charge in [-0.05, 0) is 43.2 Å². The smallest absolute Gasteiger partial charge is 0.240 e. The van der Waals surface area contributed by atoms with Gasteiger partial charge in [-0.15, -0.1) is 0 Å². The van der Waals surface area contributed by atoms with Gasteiger partial charge in [-0.1, -0.05) is 6.07 Å². The molecule has 0 saturated heterocycles. The van der Waals surface area contributed by atoms with E-state index in [2.05, 4.69) is 9.82 Å². The third-order valence-electron chi connectivity index (χ3n) is 3.18. The molecular weight excluding hydrogens is 290 g/mol. The first-order valence-electron chi connectivity index (χ1n) is 6.62. The Morgan fingerprint density at radius 3 is 2.81 bits per heavy atom. The fraction of sp³-hybridized carbons (Fsp3) is 0.357. The van der Waals surface area contributed by atoms with Gasteiger partial charge >= 0.3 is 0 Å². The van der Waals surface area contributed by atoms with Crippen LogP contribution in [0.15, 0.2) is 41.6 Å². The average molecular weight is 309 g/mol. The number of benzene rings is 1. The van der Waals surface area contributed by atoms with E-state index in [9.17, 15) is 13.5 Å². The summed E-state index contributed by atoms with van der Waals surface area (Å²) in [6, 6.07) is 6.22. The SMILES string of the molecule is Cc1ccc(S(=O)(=O)NC(C)Cn2cccn2)cc1CO. The van der Waals surface area contributed by atoms with Crippen LogP contribution in [0.2, 0.25) is 0 Å². The van der Waals surface area contributed by atoms with Crippen LogP contribution in [0.3, 0.4) is 0 Å². The average Bonchev–Trinajstić information content (AvgIpc) is 2.91. The maximum absolute atomic E-state index is 12.3. The summed E-state index contributed by atoms with van der Waals surface area (Å²) in [7, 11) is -3.61. The molecule has 0 aliphatic rings. The summed E-state index contributed by atoms with van der Waals surface area (Å²) < 4.78 is 28.9. The highest BCUT2D eigenvalue weighted by Crippen LogP contribution is 2.16. The first kappa shape index (κ1) is 15.7. The second-order valence-electron chi connectivity index (χ2n) is 5.00. The number of rotatable bonds is 6. The lowest BCUT2D eigenvalue weighted by molar-refractivity contribution is 0.280. The minimum atomic E-state index is -3.61. The van der Waals surface area contributed by atoms with E-state index in [4.69, 9.17) is 0 Å². The maximum atomic E-state index is 12.3. The summed E-state index contributed by atoms with van der Waals surface area (Å²) in [6.07, 6.45) is 3.43. The topological polar surface area (TPSA) is 84.2 Å². The summed E-state index contributed by atoms with van der Waals surface area (Å²) in [5.41, 5.74) is 1.47. The Balaban J connectivity index is 2.14. The minimum absolute atomic E-state index is 0.157. The van der Waals surface area contributed by atoms with E-state index in [0.29, 0.717) is 12.1 Å². The molecule has 0 saturated carbocycles. The van der Waals surface area contributed by atoms with Crippen LogP contribution in [0.4, 0.5) is 0 Å². The van der Waals surface area contributed by atoms with Crippen LogP contribution >= 0.6 is 0 Å². The Bertz CT molecular complexity index is 696. The molecule has 0 aliphatic carbocycles. The molecule has 7 heteroatoms. The number of aliphatic hydroxyl groups excluding tert-OH is 1. The van der Waals surface area contributed by atoms with E-state index in [1.807, 2.05) is 6.92 Å². The molecule has 114 valence electrons. The third kappa shape index (κ3) is 3.90. The molecule has 0 fully saturated rings. The molecule has 0 bridgehead atoms. The van der Waals surface area contributed by atoms with Crippen molar-refractivity contribution in [1.29, 1.82) is 0 Å². The van der Waals surface area contributed by atoms with Crippen LogP contribution < -0.4 is 4.72 Å². The van der Waals surface area contributed by atoms with Gasteiger partial charge in [-0.2, -0.15) is 5.10 Å². The summed E-state index contributed by atoms with van der Waals surface area (Å²) in [5.74, 6) is 0. The van der Waals surface area contributed by atoms with Gasteiger partial charge in [0.05, 0.1) is 18.0 Å². The highest BCUT2D eigenvalue weighted by molar-refractivity contribution is 7.89. The highest BCUT2D eigenvalue weighted by Gasteiger charge is 2.18. The van der Waals surface area contributed by atoms with Gasteiger partial charge in [-0.25, -0.2) is 13.1 Å². The quantitative estimate of drug-likeness (QED) is 0.835. The summed E-state index contributed by atoms with van der Waals surface area (Å²) in [4.78, 5) is 0.157. The Morgan fingerprint density at radius 2 is 2.19 bits per heavy atom. The van der Waals surface area contributed by atoms with Crippen molar-refractivity contribution in [2.24, 2.45) is 0 Å². The highest BCUT2D eigenvalue weighted by atomic mass is 32.2. The molecule has 0 aliphatic heterocycles. The molecule has 1 unspecified atom stereocenters. The van der Waals surface area contributed by atoms with Crippen molar-refractivity contribution in [3.63, 3.8) is 0 Å². The lowest BCUT2D eigenvalue weighted by Crippen LogP contribution is -2.35. The number of sulfonamides is 1. The van der Waals surface area contributed by atoms with E-state index in [-0.39, 0.29) is 17.5 Å². The zero-order valence-corrected chi connectivity index (χ0v) is 12.8. The standard InChI is InChI=1S/C14H19N3O3S/c1-11-4-5-14(8-13(11)10-18)21(19,20)16-12(2)9-17-7-3-6-15-17/h3-8,12,16,18H,9-10H2,1-2H3. The van der Waals surface area contributed by atoms with Crippen molar-refractivity contribution in [1.82, 2.24) is 14.5 Å². The molecule has 0 radical (unpaired) electrons. The first-order chi connectivity index (χ1) is 9.92. The van der Waals surface area contributed by atoms with Crippen LogP contribution in [-0.4, -0.2) is 29.3 Å². The molecule has 6 nitrogen and oxygen atoms in total. The van der Waals surface area contributed by atoms with Gasteiger partial charge < -0.3 is 5.11 Å². The molecule has 1 atom stereocenters. The Kier molecular flexibility index (Phi) is 4.76. The lowest BCUT2D eigenvalue weighted by Gasteiger charge is -2.15. The molecule has 2 N–H and O–H groups in total. The molecule has 1 heterocycles. The van der Waals surface area contributed by atoms with Crippen LogP contribution in [0, 0.1) is 6.92 Å². The molecule has 0 spiro atoms. The van der Waals surface area contributed by atoms with Gasteiger partial charge in [0, 0.05) is 18.4 Å². The van der Waals surface area contributed by atoms with Crippen molar-refractivity contribution in [3.05, 3.63) is 47.8 Å². The summed E-state index contributed by atoms with van der Waals surface area (Å²) >= 11 is 0. The van der Waals surface area contributed by atoms with Crippen LogP contribution in [0.5, 0.6) is 0 Å². The number of aryl methyl sites for hydroxylation is 1. The number of nitrogens with zero attached hydrogens (tertiary/aromatic N) is 2. The van der Waals surface area contributed by atoms with Crippen molar-refractivity contribution in [2.45, 2.75) is 37.9 Å². The van der Waals surface area contributed by atoms with Gasteiger partial charge in [-0.3, -0.25) is 4.68 Å². The van der Waals surface area contributed by atoms with E-state index in [1.165, 1.54) is 12.1 Å². The normalized spacial score (nSPS) is 13.3. The third-order valence-corrected chi connectivity index (χ3v) is 4.76. The zero-order valence-electron chi connectivity index (χ0n) is 12.0. The molecule has 2 aromatic rings. The predicted octanol–water partition coefficient (Wildman–Crippen LogP) is 1.05. The summed E-state index contributed by atoms with van der Waals surface area (Å²) in [5, 5.41) is 13.3. The van der Waals surface area contributed by atoms with Crippen molar-refractivity contribution >= 4 is 10.0 Å². The number of nitrogens with one attached hydrogen (secondary N) is 1. The second-order valence-corrected chi connectivity index (χ2v) is 6.71. The monoisotopic (exact) mass is 309 g/mol. The van der Waals surface area contributed by atoms with E-state index in [1.54, 1.807) is 36.1 Å². The van der Waals surface area contributed by atoms with Gasteiger partial charge in [0.1, 0.15) is 0 Å². The van der Waals surface area contributed by atoms with Gasteiger partial charge in [0.15, 0.2) is 0 Å². The molecule has 1 aromatic carbocycles. The molecular formula is C14H19N3O3S. The Hall–Kier alpha value is -1.70.